The minimum Gasteiger partial charge on any atom is -0.259 e. The molecule has 0 bridgehead atoms. The summed E-state index contributed by atoms with van der Waals surface area (Å²) in [6.07, 6.45) is 3.75. The van der Waals surface area contributed by atoms with Gasteiger partial charge in [-0.05, 0) is 23.6 Å². The SMILES string of the molecule is CC1=[C-]C(C)(C2=C(C)c3ccccc3C2C)C(C)=C1C.[Zr]. The Morgan fingerprint density at radius 3 is 2.14 bits per heavy atom. The van der Waals surface area contributed by atoms with Gasteiger partial charge in [-0.25, -0.2) is 5.57 Å². The van der Waals surface area contributed by atoms with E-state index < -0.39 is 0 Å². The second kappa shape index (κ2) is 5.51. The largest absolute Gasteiger partial charge is 0.259 e. The topological polar surface area (TPSA) is 0 Å². The second-order valence-electron chi connectivity index (χ2n) is 6.47. The third-order valence-corrected chi connectivity index (χ3v) is 5.52. The zero-order chi connectivity index (χ0) is 14.7. The predicted octanol–water partition coefficient (Wildman–Crippen LogP) is 5.68. The fourth-order valence-electron chi connectivity index (χ4n) is 4.14. The van der Waals surface area contributed by atoms with Crippen molar-refractivity contribution in [3.05, 3.63) is 63.8 Å². The third kappa shape index (κ3) is 2.20. The zero-order valence-electron chi connectivity index (χ0n) is 13.9. The molecule has 0 aliphatic heterocycles. The molecule has 2 atom stereocenters. The van der Waals surface area contributed by atoms with E-state index in [9.17, 15) is 0 Å². The molecule has 2 aliphatic carbocycles. The van der Waals surface area contributed by atoms with Gasteiger partial charge in [-0.3, -0.25) is 6.08 Å². The molecule has 1 heteroatoms. The summed E-state index contributed by atoms with van der Waals surface area (Å²) in [6, 6.07) is 8.83. The molecule has 0 fully saturated rings. The number of hydrogen-bond acceptors (Lipinski definition) is 0. The molecule has 0 amide bonds. The van der Waals surface area contributed by atoms with E-state index in [-0.39, 0.29) is 31.6 Å². The van der Waals surface area contributed by atoms with Crippen molar-refractivity contribution in [2.24, 2.45) is 5.41 Å². The van der Waals surface area contributed by atoms with Gasteiger partial charge < -0.3 is 0 Å². The Labute approximate surface area is 148 Å². The quantitative estimate of drug-likeness (QED) is 0.569. The minimum absolute atomic E-state index is 0. The van der Waals surface area contributed by atoms with E-state index in [2.05, 4.69) is 71.9 Å². The summed E-state index contributed by atoms with van der Waals surface area (Å²) in [5.74, 6) is 0.484. The van der Waals surface area contributed by atoms with Gasteiger partial charge in [-0.15, -0.1) is 6.92 Å². The summed E-state index contributed by atoms with van der Waals surface area (Å²) in [5.41, 5.74) is 10.0. The molecule has 3 rings (SSSR count). The Kier molecular flexibility index (Phi) is 4.38. The normalized spacial score (nSPS) is 27.7. The standard InChI is InChI=1S/C20H23.Zr/c1-12-11-20(6,16(5)13(12)2)19-14(3)17-9-7-8-10-18(17)15(19)4;/h7-10,14H,1-6H3;/q-1;. The Balaban J connectivity index is 0.00000161. The average molecular weight is 355 g/mol. The molecule has 0 radical (unpaired) electrons. The van der Waals surface area contributed by atoms with Gasteiger partial charge in [0.1, 0.15) is 0 Å². The van der Waals surface area contributed by atoms with Crippen LogP contribution in [0.3, 0.4) is 0 Å². The van der Waals surface area contributed by atoms with E-state index in [0.717, 1.165) is 0 Å². The van der Waals surface area contributed by atoms with Crippen LogP contribution in [-0.2, 0) is 26.2 Å². The van der Waals surface area contributed by atoms with E-state index in [1.54, 1.807) is 0 Å². The van der Waals surface area contributed by atoms with Crippen molar-refractivity contribution < 1.29 is 26.2 Å². The van der Waals surface area contributed by atoms with Gasteiger partial charge in [0.15, 0.2) is 0 Å². The molecule has 108 valence electrons. The van der Waals surface area contributed by atoms with Crippen LogP contribution in [-0.4, -0.2) is 0 Å². The molecule has 0 aromatic heterocycles. The van der Waals surface area contributed by atoms with Crippen molar-refractivity contribution >= 4 is 5.57 Å². The van der Waals surface area contributed by atoms with E-state index in [0.29, 0.717) is 5.92 Å². The van der Waals surface area contributed by atoms with Crippen LogP contribution >= 0.6 is 0 Å². The van der Waals surface area contributed by atoms with Crippen molar-refractivity contribution in [3.8, 4) is 0 Å². The maximum atomic E-state index is 3.75. The summed E-state index contributed by atoms with van der Waals surface area (Å²) in [4.78, 5) is 0. The van der Waals surface area contributed by atoms with Crippen molar-refractivity contribution in [2.75, 3.05) is 0 Å². The maximum absolute atomic E-state index is 3.75. The van der Waals surface area contributed by atoms with Crippen LogP contribution in [0.5, 0.6) is 0 Å². The number of rotatable bonds is 1. The van der Waals surface area contributed by atoms with Gasteiger partial charge >= 0.3 is 0 Å². The Bertz CT molecular complexity index is 688. The van der Waals surface area contributed by atoms with E-state index in [1.165, 1.54) is 39.0 Å². The molecule has 2 aliphatic rings. The fourth-order valence-corrected chi connectivity index (χ4v) is 4.14. The van der Waals surface area contributed by atoms with Gasteiger partial charge in [0.05, 0.1) is 0 Å². The van der Waals surface area contributed by atoms with Crippen LogP contribution in [0, 0.1) is 11.5 Å². The van der Waals surface area contributed by atoms with Gasteiger partial charge in [0, 0.05) is 32.1 Å². The molecule has 21 heavy (non-hydrogen) atoms. The molecule has 0 nitrogen and oxygen atoms in total. The average Bonchev–Trinajstić information content (AvgIpc) is 2.79. The third-order valence-electron chi connectivity index (χ3n) is 5.52. The van der Waals surface area contributed by atoms with Crippen molar-refractivity contribution in [3.63, 3.8) is 0 Å². The number of benzene rings is 1. The van der Waals surface area contributed by atoms with Gasteiger partial charge in [-0.2, -0.15) is 11.1 Å². The first-order valence-electron chi connectivity index (χ1n) is 7.48. The summed E-state index contributed by atoms with van der Waals surface area (Å²) in [7, 11) is 0. The van der Waals surface area contributed by atoms with Crippen molar-refractivity contribution in [2.45, 2.75) is 47.5 Å². The molecule has 0 saturated heterocycles. The molecule has 2 unspecified atom stereocenters. The summed E-state index contributed by atoms with van der Waals surface area (Å²) >= 11 is 0. The van der Waals surface area contributed by atoms with Gasteiger partial charge in [-0.1, -0.05) is 62.9 Å². The van der Waals surface area contributed by atoms with Crippen LogP contribution in [0.2, 0.25) is 0 Å². The molecule has 1 aromatic carbocycles. The van der Waals surface area contributed by atoms with Crippen LogP contribution in [0.1, 0.15) is 58.6 Å². The number of hydrogen-bond donors (Lipinski definition) is 0. The molecule has 0 saturated carbocycles. The van der Waals surface area contributed by atoms with Gasteiger partial charge in [0.25, 0.3) is 0 Å². The van der Waals surface area contributed by atoms with E-state index in [1.807, 2.05) is 0 Å². The Morgan fingerprint density at radius 2 is 1.62 bits per heavy atom. The van der Waals surface area contributed by atoms with Crippen LogP contribution in [0.4, 0.5) is 0 Å². The molecule has 0 N–H and O–H groups in total. The van der Waals surface area contributed by atoms with Crippen molar-refractivity contribution in [1.29, 1.82) is 0 Å². The molecular formula is C20H23Zr-. The molecule has 0 heterocycles. The first-order valence-corrected chi connectivity index (χ1v) is 7.48. The summed E-state index contributed by atoms with van der Waals surface area (Å²) < 4.78 is 0. The van der Waals surface area contributed by atoms with Crippen LogP contribution in [0.25, 0.3) is 5.57 Å². The maximum Gasteiger partial charge on any atom is 0.00276 e. The van der Waals surface area contributed by atoms with Gasteiger partial charge in [0.2, 0.25) is 0 Å². The van der Waals surface area contributed by atoms with Crippen LogP contribution in [0.15, 0.2) is 46.6 Å². The second-order valence-corrected chi connectivity index (χ2v) is 6.47. The molecule has 0 spiro atoms. The van der Waals surface area contributed by atoms with Crippen molar-refractivity contribution in [1.82, 2.24) is 0 Å². The van der Waals surface area contributed by atoms with E-state index >= 15 is 0 Å². The minimum atomic E-state index is -0.0311. The Morgan fingerprint density at radius 1 is 1.00 bits per heavy atom. The molecular weight excluding hydrogens is 331 g/mol. The predicted molar refractivity (Wildman–Crippen MR) is 86.4 cm³/mol. The number of allylic oxidation sites excluding steroid dienone is 6. The van der Waals surface area contributed by atoms with Crippen LogP contribution < -0.4 is 0 Å². The smallest absolute Gasteiger partial charge is 0.00276 e. The van der Waals surface area contributed by atoms with E-state index in [4.69, 9.17) is 0 Å². The fraction of sp³-hybridized carbons (Fsp3) is 0.400. The Hall–Kier alpha value is -0.677. The zero-order valence-corrected chi connectivity index (χ0v) is 16.3. The monoisotopic (exact) mass is 353 g/mol. The molecule has 1 aromatic rings. The summed E-state index contributed by atoms with van der Waals surface area (Å²) in [5, 5.41) is 0. The first-order chi connectivity index (χ1) is 9.38. The first kappa shape index (κ1) is 16.7. The number of fused-ring (bicyclic) bond motifs is 1. The summed E-state index contributed by atoms with van der Waals surface area (Å²) in [6.45, 7) is 13.6.